The molecule has 0 saturated heterocycles. The van der Waals surface area contributed by atoms with Crippen molar-refractivity contribution < 1.29 is 5.21 Å². The third-order valence-corrected chi connectivity index (χ3v) is 2.22. The van der Waals surface area contributed by atoms with E-state index in [-0.39, 0.29) is 0 Å². The fraction of sp³-hybridized carbons (Fsp3) is 0.875. The summed E-state index contributed by atoms with van der Waals surface area (Å²) < 4.78 is 0. The van der Waals surface area contributed by atoms with Gasteiger partial charge in [0.2, 0.25) is 0 Å². The first-order chi connectivity index (χ1) is 4.88. The van der Waals surface area contributed by atoms with Gasteiger partial charge in [0.05, 0.1) is 5.71 Å². The van der Waals surface area contributed by atoms with E-state index in [0.29, 0.717) is 5.92 Å². The van der Waals surface area contributed by atoms with Gasteiger partial charge in [0, 0.05) is 5.92 Å². The standard InChI is InChI=1S/C8H15NO/c1-2-4-7-5-3-6-8(7)9-10/h7,10H,2-6H2,1H3. The van der Waals surface area contributed by atoms with Crippen LogP contribution in [0.15, 0.2) is 5.16 Å². The summed E-state index contributed by atoms with van der Waals surface area (Å²) in [6.45, 7) is 2.17. The molecular formula is C8H15NO. The minimum absolute atomic E-state index is 0.593. The third-order valence-electron chi connectivity index (χ3n) is 2.22. The van der Waals surface area contributed by atoms with Crippen molar-refractivity contribution in [2.75, 3.05) is 0 Å². The zero-order valence-electron chi connectivity index (χ0n) is 6.51. The highest BCUT2D eigenvalue weighted by Crippen LogP contribution is 2.26. The molecule has 1 aliphatic rings. The molecular weight excluding hydrogens is 126 g/mol. The summed E-state index contributed by atoms with van der Waals surface area (Å²) in [5.41, 5.74) is 1.03. The van der Waals surface area contributed by atoms with Crippen LogP contribution in [-0.2, 0) is 0 Å². The second-order valence-corrected chi connectivity index (χ2v) is 2.97. The maximum atomic E-state index is 8.55. The Kier molecular flexibility index (Phi) is 2.72. The Morgan fingerprint density at radius 2 is 2.50 bits per heavy atom. The van der Waals surface area contributed by atoms with Crippen LogP contribution < -0.4 is 0 Å². The molecule has 0 aromatic carbocycles. The van der Waals surface area contributed by atoms with E-state index < -0.39 is 0 Å². The van der Waals surface area contributed by atoms with Crippen molar-refractivity contribution in [1.29, 1.82) is 0 Å². The Labute approximate surface area is 61.9 Å². The molecule has 0 heterocycles. The largest absolute Gasteiger partial charge is 0.411 e. The highest BCUT2D eigenvalue weighted by atomic mass is 16.4. The average Bonchev–Trinajstić information content (AvgIpc) is 2.36. The zero-order chi connectivity index (χ0) is 7.40. The van der Waals surface area contributed by atoms with Crippen LogP contribution >= 0.6 is 0 Å². The van der Waals surface area contributed by atoms with Crippen LogP contribution in [0.5, 0.6) is 0 Å². The normalized spacial score (nSPS) is 29.7. The molecule has 1 N–H and O–H groups in total. The van der Waals surface area contributed by atoms with Crippen LogP contribution in [0.2, 0.25) is 0 Å². The second-order valence-electron chi connectivity index (χ2n) is 2.97. The van der Waals surface area contributed by atoms with Crippen molar-refractivity contribution in [3.05, 3.63) is 0 Å². The van der Waals surface area contributed by atoms with Crippen molar-refractivity contribution in [3.8, 4) is 0 Å². The first-order valence-corrected chi connectivity index (χ1v) is 4.09. The highest BCUT2D eigenvalue weighted by Gasteiger charge is 2.21. The molecule has 1 saturated carbocycles. The summed E-state index contributed by atoms with van der Waals surface area (Å²) in [4.78, 5) is 0. The quantitative estimate of drug-likeness (QED) is 0.465. The summed E-state index contributed by atoms with van der Waals surface area (Å²) >= 11 is 0. The van der Waals surface area contributed by atoms with Crippen molar-refractivity contribution in [3.63, 3.8) is 0 Å². The molecule has 0 radical (unpaired) electrons. The van der Waals surface area contributed by atoms with E-state index in [1.807, 2.05) is 0 Å². The smallest absolute Gasteiger partial charge is 0.0601 e. The summed E-state index contributed by atoms with van der Waals surface area (Å²) in [7, 11) is 0. The summed E-state index contributed by atoms with van der Waals surface area (Å²) in [6, 6.07) is 0. The SMILES string of the molecule is CCCC1CCCC1=NO. The number of nitrogens with zero attached hydrogens (tertiary/aromatic N) is 1. The zero-order valence-corrected chi connectivity index (χ0v) is 6.51. The van der Waals surface area contributed by atoms with Gasteiger partial charge in [-0.25, -0.2) is 0 Å². The van der Waals surface area contributed by atoms with E-state index >= 15 is 0 Å². The minimum atomic E-state index is 0.593. The van der Waals surface area contributed by atoms with Gasteiger partial charge in [-0.3, -0.25) is 0 Å². The van der Waals surface area contributed by atoms with Crippen LogP contribution in [0.4, 0.5) is 0 Å². The molecule has 0 spiro atoms. The Balaban J connectivity index is 2.42. The molecule has 0 amide bonds. The molecule has 2 heteroatoms. The van der Waals surface area contributed by atoms with Crippen LogP contribution in [0, 0.1) is 5.92 Å². The van der Waals surface area contributed by atoms with Crippen LogP contribution in [0.25, 0.3) is 0 Å². The maximum Gasteiger partial charge on any atom is 0.0601 e. The number of hydrogen-bond donors (Lipinski definition) is 1. The van der Waals surface area contributed by atoms with Gasteiger partial charge in [0.1, 0.15) is 0 Å². The van der Waals surface area contributed by atoms with Crippen LogP contribution in [0.1, 0.15) is 39.0 Å². The summed E-state index contributed by atoms with van der Waals surface area (Å²) in [6.07, 6.45) is 5.85. The number of rotatable bonds is 2. The molecule has 1 atom stereocenters. The van der Waals surface area contributed by atoms with Crippen LogP contribution in [0.3, 0.4) is 0 Å². The van der Waals surface area contributed by atoms with Gasteiger partial charge in [0.15, 0.2) is 0 Å². The van der Waals surface area contributed by atoms with Gasteiger partial charge < -0.3 is 5.21 Å². The third kappa shape index (κ3) is 1.49. The lowest BCUT2D eigenvalue weighted by Crippen LogP contribution is -2.05. The van der Waals surface area contributed by atoms with Crippen LogP contribution in [-0.4, -0.2) is 10.9 Å². The van der Waals surface area contributed by atoms with E-state index in [2.05, 4.69) is 12.1 Å². The van der Waals surface area contributed by atoms with E-state index in [4.69, 9.17) is 5.21 Å². The van der Waals surface area contributed by atoms with Gasteiger partial charge >= 0.3 is 0 Å². The first kappa shape index (κ1) is 7.58. The molecule has 0 aromatic rings. The molecule has 2 nitrogen and oxygen atoms in total. The molecule has 1 unspecified atom stereocenters. The van der Waals surface area contributed by atoms with E-state index in [0.717, 1.165) is 12.1 Å². The molecule has 1 aliphatic carbocycles. The molecule has 0 aliphatic heterocycles. The number of hydrogen-bond acceptors (Lipinski definition) is 2. The lowest BCUT2D eigenvalue weighted by atomic mass is 10.0. The van der Waals surface area contributed by atoms with Crippen molar-refractivity contribution >= 4 is 5.71 Å². The first-order valence-electron chi connectivity index (χ1n) is 4.09. The molecule has 0 bridgehead atoms. The Bertz CT molecular complexity index is 131. The van der Waals surface area contributed by atoms with Gasteiger partial charge in [0.25, 0.3) is 0 Å². The van der Waals surface area contributed by atoms with E-state index in [9.17, 15) is 0 Å². The van der Waals surface area contributed by atoms with E-state index in [1.165, 1.54) is 25.7 Å². The number of oxime groups is 1. The van der Waals surface area contributed by atoms with E-state index in [1.54, 1.807) is 0 Å². The minimum Gasteiger partial charge on any atom is -0.411 e. The Hall–Kier alpha value is -0.530. The maximum absolute atomic E-state index is 8.55. The molecule has 10 heavy (non-hydrogen) atoms. The fourth-order valence-corrected chi connectivity index (χ4v) is 1.69. The van der Waals surface area contributed by atoms with Gasteiger partial charge in [-0.05, 0) is 25.7 Å². The molecule has 1 fully saturated rings. The topological polar surface area (TPSA) is 32.6 Å². The van der Waals surface area contributed by atoms with Crippen molar-refractivity contribution in [1.82, 2.24) is 0 Å². The highest BCUT2D eigenvalue weighted by molar-refractivity contribution is 5.87. The Morgan fingerprint density at radius 3 is 3.10 bits per heavy atom. The second kappa shape index (κ2) is 3.59. The van der Waals surface area contributed by atoms with Gasteiger partial charge in [-0.15, -0.1) is 0 Å². The summed E-state index contributed by atoms with van der Waals surface area (Å²) in [5, 5.41) is 11.9. The molecule has 1 rings (SSSR count). The molecule has 58 valence electrons. The van der Waals surface area contributed by atoms with Gasteiger partial charge in [-0.2, -0.15) is 0 Å². The average molecular weight is 141 g/mol. The van der Waals surface area contributed by atoms with Crippen molar-refractivity contribution in [2.45, 2.75) is 39.0 Å². The Morgan fingerprint density at radius 1 is 1.70 bits per heavy atom. The van der Waals surface area contributed by atoms with Gasteiger partial charge in [-0.1, -0.05) is 18.5 Å². The fourth-order valence-electron chi connectivity index (χ4n) is 1.69. The summed E-state index contributed by atoms with van der Waals surface area (Å²) in [5.74, 6) is 0.593. The lowest BCUT2D eigenvalue weighted by molar-refractivity contribution is 0.314. The monoisotopic (exact) mass is 141 g/mol. The predicted octanol–water partition coefficient (Wildman–Crippen LogP) is 2.42. The lowest BCUT2D eigenvalue weighted by Gasteiger charge is -2.05. The van der Waals surface area contributed by atoms with Crippen molar-refractivity contribution in [2.24, 2.45) is 11.1 Å². The predicted molar refractivity (Wildman–Crippen MR) is 41.5 cm³/mol. The molecule has 0 aromatic heterocycles.